The first-order valence-electron chi connectivity index (χ1n) is 8.04. The summed E-state index contributed by atoms with van der Waals surface area (Å²) in [5.41, 5.74) is 3.05. The summed E-state index contributed by atoms with van der Waals surface area (Å²) in [6.07, 6.45) is 4.75. The van der Waals surface area contributed by atoms with Gasteiger partial charge in [0.1, 0.15) is 5.69 Å². The lowest BCUT2D eigenvalue weighted by Crippen LogP contribution is -1.92. The van der Waals surface area contributed by atoms with Crippen molar-refractivity contribution in [2.24, 2.45) is 0 Å². The van der Waals surface area contributed by atoms with Crippen LogP contribution >= 0.6 is 0 Å². The highest BCUT2D eigenvalue weighted by molar-refractivity contribution is 5.74. The number of imidazole rings is 1. The minimum atomic E-state index is 0.208. The van der Waals surface area contributed by atoms with Crippen molar-refractivity contribution in [1.29, 1.82) is 0 Å². The first kappa shape index (κ1) is 14.1. The van der Waals surface area contributed by atoms with E-state index < -0.39 is 0 Å². The number of rotatable bonds is 2. The van der Waals surface area contributed by atoms with Crippen LogP contribution in [0.4, 0.5) is 0 Å². The fourth-order valence-corrected chi connectivity index (χ4v) is 2.86. The highest BCUT2D eigenvalue weighted by Gasteiger charge is 2.18. The molecule has 0 bridgehead atoms. The quantitative estimate of drug-likeness (QED) is 0.505. The minimum absolute atomic E-state index is 0.208. The van der Waals surface area contributed by atoms with Crippen molar-refractivity contribution < 1.29 is 13.9 Å². The Balaban J connectivity index is 1.43. The number of aromatic nitrogens is 7. The number of fused-ring (bicyclic) bond motifs is 3. The van der Waals surface area contributed by atoms with Crippen molar-refractivity contribution in [3.63, 3.8) is 0 Å². The normalized spacial score (nSPS) is 12.9. The maximum Gasteiger partial charge on any atom is 0.267 e. The summed E-state index contributed by atoms with van der Waals surface area (Å²) in [4.78, 5) is 28.9. The largest absolute Gasteiger partial charge is 0.454 e. The number of nitrogens with one attached hydrogen (secondary N) is 1. The molecule has 1 aromatic carbocycles. The molecule has 5 heterocycles. The van der Waals surface area contributed by atoms with Crippen LogP contribution in [0.25, 0.3) is 45.6 Å². The van der Waals surface area contributed by atoms with Gasteiger partial charge < -0.3 is 18.9 Å². The fraction of sp³-hybridized carbons (Fsp3) is 0.0588. The highest BCUT2D eigenvalue weighted by Crippen LogP contribution is 2.36. The predicted molar refractivity (Wildman–Crippen MR) is 91.8 cm³/mol. The Morgan fingerprint density at radius 3 is 2.78 bits per heavy atom. The molecule has 27 heavy (non-hydrogen) atoms. The maximum absolute atomic E-state index is 5.80. The van der Waals surface area contributed by atoms with Crippen LogP contribution < -0.4 is 9.47 Å². The smallest absolute Gasteiger partial charge is 0.267 e. The summed E-state index contributed by atoms with van der Waals surface area (Å²) in [5, 5.41) is 0. The molecule has 1 aliphatic heterocycles. The van der Waals surface area contributed by atoms with Crippen molar-refractivity contribution >= 4 is 22.7 Å². The molecule has 0 radical (unpaired) electrons. The van der Waals surface area contributed by atoms with E-state index in [2.05, 4.69) is 34.9 Å². The van der Waals surface area contributed by atoms with E-state index in [0.29, 0.717) is 51.6 Å². The molecule has 10 nitrogen and oxygen atoms in total. The minimum Gasteiger partial charge on any atom is -0.454 e. The zero-order valence-electron chi connectivity index (χ0n) is 13.6. The molecule has 0 spiro atoms. The summed E-state index contributed by atoms with van der Waals surface area (Å²) in [6.45, 7) is 0.208. The van der Waals surface area contributed by atoms with Gasteiger partial charge in [-0.25, -0.2) is 24.9 Å². The maximum atomic E-state index is 5.80. The van der Waals surface area contributed by atoms with Crippen molar-refractivity contribution in [3.8, 4) is 34.5 Å². The van der Waals surface area contributed by atoms with Gasteiger partial charge in [-0.3, -0.25) is 0 Å². The first-order chi connectivity index (χ1) is 13.3. The number of nitrogens with zero attached hydrogens (tertiary/aromatic N) is 6. The summed E-state index contributed by atoms with van der Waals surface area (Å²) in [5.74, 6) is 2.25. The second kappa shape index (κ2) is 5.21. The van der Waals surface area contributed by atoms with E-state index in [9.17, 15) is 0 Å². The monoisotopic (exact) mass is 359 g/mol. The Labute approximate surface area is 150 Å². The van der Waals surface area contributed by atoms with Gasteiger partial charge in [-0.15, -0.1) is 0 Å². The second-order valence-electron chi connectivity index (χ2n) is 5.79. The second-order valence-corrected chi connectivity index (χ2v) is 5.79. The van der Waals surface area contributed by atoms with E-state index in [1.54, 1.807) is 18.6 Å². The van der Waals surface area contributed by atoms with E-state index in [0.717, 1.165) is 5.56 Å². The topological polar surface area (TPSA) is 125 Å². The van der Waals surface area contributed by atoms with Crippen molar-refractivity contribution in [1.82, 2.24) is 34.9 Å². The number of oxazole rings is 1. The van der Waals surface area contributed by atoms with E-state index in [4.69, 9.17) is 13.9 Å². The van der Waals surface area contributed by atoms with Gasteiger partial charge in [0, 0.05) is 18.0 Å². The first-order valence-corrected chi connectivity index (χ1v) is 8.04. The molecule has 1 N–H and O–H groups in total. The molecule has 0 fully saturated rings. The Morgan fingerprint density at radius 1 is 0.889 bits per heavy atom. The molecule has 0 atom stereocenters. The standard InChI is InChI=1S/C17H9N7O3/c1-2-10-11(26-7-25-10)5-8(1)16-24-15-17(27-16)21-9(6-20-15)12-22-13-14(23-12)19-4-3-18-13/h1-6H,7H2,(H,18,19,22,23). The molecule has 0 amide bonds. The zero-order chi connectivity index (χ0) is 17.8. The third kappa shape index (κ3) is 2.20. The molecule has 10 heteroatoms. The van der Waals surface area contributed by atoms with Crippen molar-refractivity contribution in [2.45, 2.75) is 0 Å². The Morgan fingerprint density at radius 2 is 1.81 bits per heavy atom. The molecule has 6 rings (SSSR count). The zero-order valence-corrected chi connectivity index (χ0v) is 13.6. The number of hydrogen-bond acceptors (Lipinski definition) is 9. The van der Waals surface area contributed by atoms with Gasteiger partial charge >= 0.3 is 0 Å². The third-order valence-corrected chi connectivity index (χ3v) is 4.12. The van der Waals surface area contributed by atoms with E-state index in [1.807, 2.05) is 18.2 Å². The lowest BCUT2D eigenvalue weighted by Gasteiger charge is -1.97. The number of ether oxygens (including phenoxy) is 2. The molecular weight excluding hydrogens is 350 g/mol. The highest BCUT2D eigenvalue weighted by atomic mass is 16.7. The number of hydrogen-bond donors (Lipinski definition) is 1. The van der Waals surface area contributed by atoms with Gasteiger partial charge in [0.05, 0.1) is 6.20 Å². The molecule has 4 aromatic heterocycles. The van der Waals surface area contributed by atoms with Crippen LogP contribution in [0.1, 0.15) is 0 Å². The molecule has 1 aliphatic rings. The Kier molecular flexibility index (Phi) is 2.72. The lowest BCUT2D eigenvalue weighted by molar-refractivity contribution is 0.174. The van der Waals surface area contributed by atoms with Gasteiger partial charge in [0.15, 0.2) is 28.6 Å². The Bertz CT molecular complexity index is 1290. The van der Waals surface area contributed by atoms with E-state index in [-0.39, 0.29) is 6.79 Å². The number of benzene rings is 1. The van der Waals surface area contributed by atoms with Crippen molar-refractivity contribution in [3.05, 3.63) is 36.8 Å². The van der Waals surface area contributed by atoms with Crippen LogP contribution in [0.5, 0.6) is 11.5 Å². The number of aromatic amines is 1. The number of H-pyrrole nitrogens is 1. The van der Waals surface area contributed by atoms with Gasteiger partial charge in [-0.2, -0.15) is 4.98 Å². The molecule has 0 saturated heterocycles. The van der Waals surface area contributed by atoms with E-state index >= 15 is 0 Å². The van der Waals surface area contributed by atoms with Crippen LogP contribution in [0.2, 0.25) is 0 Å². The molecule has 0 unspecified atom stereocenters. The van der Waals surface area contributed by atoms with Gasteiger partial charge in [0.2, 0.25) is 18.3 Å². The Hall–Kier alpha value is -4.08. The van der Waals surface area contributed by atoms with E-state index in [1.165, 1.54) is 0 Å². The molecule has 5 aromatic rings. The summed E-state index contributed by atoms with van der Waals surface area (Å²) in [6, 6.07) is 5.47. The molecule has 0 aliphatic carbocycles. The lowest BCUT2D eigenvalue weighted by atomic mass is 10.2. The van der Waals surface area contributed by atoms with Gasteiger partial charge in [0.25, 0.3) is 5.71 Å². The van der Waals surface area contributed by atoms with Crippen molar-refractivity contribution in [2.75, 3.05) is 6.79 Å². The average Bonchev–Trinajstić information content (AvgIpc) is 3.42. The van der Waals surface area contributed by atoms with Gasteiger partial charge in [-0.05, 0) is 18.2 Å². The molecule has 130 valence electrons. The van der Waals surface area contributed by atoms with Crippen LogP contribution in [0, 0.1) is 0 Å². The third-order valence-electron chi connectivity index (χ3n) is 4.12. The SMILES string of the molecule is c1cnc2[nH]c(-c3cnc4nc(-c5ccc6c(c5)OCO6)oc4n3)nc2n1. The summed E-state index contributed by atoms with van der Waals surface area (Å²) >= 11 is 0. The molecule has 0 saturated carbocycles. The predicted octanol–water partition coefficient (Wildman–Crippen LogP) is 2.35. The van der Waals surface area contributed by atoms with Gasteiger partial charge in [-0.1, -0.05) is 0 Å². The van der Waals surface area contributed by atoms with Crippen LogP contribution in [0.15, 0.2) is 41.2 Å². The average molecular weight is 359 g/mol. The van der Waals surface area contributed by atoms with Crippen LogP contribution in [0.3, 0.4) is 0 Å². The fourth-order valence-electron chi connectivity index (χ4n) is 2.86. The van der Waals surface area contributed by atoms with Crippen LogP contribution in [-0.4, -0.2) is 41.7 Å². The summed E-state index contributed by atoms with van der Waals surface area (Å²) < 4.78 is 16.5. The molecular formula is C17H9N7O3. The summed E-state index contributed by atoms with van der Waals surface area (Å²) in [7, 11) is 0. The van der Waals surface area contributed by atoms with Crippen LogP contribution in [-0.2, 0) is 0 Å².